The Morgan fingerprint density at radius 1 is 1.16 bits per heavy atom. The lowest BCUT2D eigenvalue weighted by Gasteiger charge is -2.34. The van der Waals surface area contributed by atoms with Gasteiger partial charge >= 0.3 is 0 Å². The Hall–Kier alpha value is -0.670. The van der Waals surface area contributed by atoms with E-state index in [4.69, 9.17) is 0 Å². The summed E-state index contributed by atoms with van der Waals surface area (Å²) in [6.45, 7) is 6.26. The van der Waals surface area contributed by atoms with Crippen LogP contribution in [0, 0.1) is 17.3 Å². The first-order valence-corrected chi connectivity index (χ1v) is 7.37. The average molecular weight is 264 g/mol. The average Bonchev–Trinajstić information content (AvgIpc) is 2.78. The van der Waals surface area contributed by atoms with Crippen molar-refractivity contribution >= 4 is 5.78 Å². The van der Waals surface area contributed by atoms with Gasteiger partial charge in [-0.3, -0.25) is 4.79 Å². The molecule has 1 fully saturated rings. The maximum atomic E-state index is 12.0. The first kappa shape index (κ1) is 13.3. The fourth-order valence-electron chi connectivity index (χ4n) is 4.64. The number of hydrogen-bond acceptors (Lipinski definition) is 3. The van der Waals surface area contributed by atoms with Gasteiger partial charge in [0.15, 0.2) is 5.78 Å². The highest BCUT2D eigenvalue weighted by Gasteiger charge is 2.53. The summed E-state index contributed by atoms with van der Waals surface area (Å²) in [6, 6.07) is 0. The van der Waals surface area contributed by atoms with Crippen LogP contribution in [0.15, 0.2) is 11.1 Å². The molecule has 0 bridgehead atoms. The van der Waals surface area contributed by atoms with E-state index in [2.05, 4.69) is 13.8 Å². The first-order valence-electron chi connectivity index (χ1n) is 7.37. The van der Waals surface area contributed by atoms with Crippen LogP contribution in [0.5, 0.6) is 0 Å². The molecule has 3 aliphatic rings. The Morgan fingerprint density at radius 2 is 1.84 bits per heavy atom. The molecule has 0 aromatic heterocycles. The number of fused-ring (bicyclic) bond motifs is 1. The molecule has 0 unspecified atom stereocenters. The van der Waals surface area contributed by atoms with Crippen molar-refractivity contribution in [3.8, 4) is 0 Å². The number of carbonyl (C=O) groups excluding carboxylic acids is 1. The fourth-order valence-corrected chi connectivity index (χ4v) is 4.64. The molecule has 19 heavy (non-hydrogen) atoms. The predicted molar refractivity (Wildman–Crippen MR) is 72.5 cm³/mol. The summed E-state index contributed by atoms with van der Waals surface area (Å²) in [5.41, 5.74) is 0.956. The van der Waals surface area contributed by atoms with Crippen LogP contribution < -0.4 is 0 Å². The summed E-state index contributed by atoms with van der Waals surface area (Å²) >= 11 is 0. The van der Waals surface area contributed by atoms with Crippen molar-refractivity contribution in [3.05, 3.63) is 11.1 Å². The van der Waals surface area contributed by atoms with Crippen molar-refractivity contribution < 1.29 is 15.0 Å². The molecular weight excluding hydrogens is 240 g/mol. The van der Waals surface area contributed by atoms with Crippen LogP contribution in [0.2, 0.25) is 0 Å². The highest BCUT2D eigenvalue weighted by Crippen LogP contribution is 2.55. The highest BCUT2D eigenvalue weighted by atomic mass is 16.3. The number of aliphatic hydroxyl groups is 2. The molecule has 3 nitrogen and oxygen atoms in total. The van der Waals surface area contributed by atoms with Gasteiger partial charge in [0, 0.05) is 12.8 Å². The van der Waals surface area contributed by atoms with Crippen molar-refractivity contribution in [2.45, 2.75) is 64.6 Å². The van der Waals surface area contributed by atoms with Crippen LogP contribution in [-0.2, 0) is 4.79 Å². The summed E-state index contributed by atoms with van der Waals surface area (Å²) < 4.78 is 0. The van der Waals surface area contributed by atoms with Gasteiger partial charge in [-0.15, -0.1) is 0 Å². The van der Waals surface area contributed by atoms with Gasteiger partial charge in [0.25, 0.3) is 0 Å². The molecule has 0 amide bonds. The Morgan fingerprint density at radius 3 is 2.53 bits per heavy atom. The maximum absolute atomic E-state index is 12.0. The Bertz CT molecular complexity index is 459. The normalized spacial score (nSPS) is 45.1. The van der Waals surface area contributed by atoms with Crippen LogP contribution in [0.3, 0.4) is 0 Å². The molecule has 106 valence electrons. The Labute approximate surface area is 114 Å². The van der Waals surface area contributed by atoms with Crippen molar-refractivity contribution in [2.24, 2.45) is 17.3 Å². The van der Waals surface area contributed by atoms with Gasteiger partial charge < -0.3 is 10.2 Å². The third-order valence-corrected chi connectivity index (χ3v) is 5.52. The molecule has 1 saturated carbocycles. The number of rotatable bonds is 0. The molecule has 0 heterocycles. The number of aliphatic hydroxyl groups excluding tert-OH is 1. The van der Waals surface area contributed by atoms with E-state index in [0.29, 0.717) is 19.3 Å². The number of carbonyl (C=O) groups is 1. The molecular formula is C16H24O3. The van der Waals surface area contributed by atoms with E-state index in [0.717, 1.165) is 24.0 Å². The second-order valence-electron chi connectivity index (χ2n) is 7.75. The molecule has 3 aliphatic carbocycles. The van der Waals surface area contributed by atoms with E-state index in [-0.39, 0.29) is 23.0 Å². The molecule has 0 aromatic carbocycles. The smallest absolute Gasteiger partial charge is 0.159 e. The maximum Gasteiger partial charge on any atom is 0.159 e. The lowest BCUT2D eigenvalue weighted by atomic mass is 9.77. The number of ketones is 1. The predicted octanol–water partition coefficient (Wildman–Crippen LogP) is 2.21. The Balaban J connectivity index is 2.04. The highest BCUT2D eigenvalue weighted by molar-refractivity contribution is 5.99. The fraction of sp³-hybridized carbons (Fsp3) is 0.812. The van der Waals surface area contributed by atoms with Gasteiger partial charge in [-0.25, -0.2) is 0 Å². The quantitative estimate of drug-likeness (QED) is 0.705. The van der Waals surface area contributed by atoms with E-state index < -0.39 is 11.7 Å². The SMILES string of the molecule is CC1(C)C[C@H]2[C@H](O)C3=C(C[C@](C)(O)[C@H]2C1)C(=O)CC3. The molecule has 3 rings (SSSR count). The minimum Gasteiger partial charge on any atom is -0.390 e. The van der Waals surface area contributed by atoms with Gasteiger partial charge in [0.1, 0.15) is 0 Å². The molecule has 0 spiro atoms. The van der Waals surface area contributed by atoms with Crippen LogP contribution in [-0.4, -0.2) is 27.7 Å². The van der Waals surface area contributed by atoms with Crippen LogP contribution >= 0.6 is 0 Å². The van der Waals surface area contributed by atoms with E-state index >= 15 is 0 Å². The third kappa shape index (κ3) is 1.98. The summed E-state index contributed by atoms with van der Waals surface area (Å²) in [5, 5.41) is 21.5. The summed E-state index contributed by atoms with van der Waals surface area (Å²) in [5.74, 6) is 0.327. The van der Waals surface area contributed by atoms with Crippen LogP contribution in [0.25, 0.3) is 0 Å². The van der Waals surface area contributed by atoms with Crippen molar-refractivity contribution in [1.29, 1.82) is 0 Å². The first-order chi connectivity index (χ1) is 8.71. The van der Waals surface area contributed by atoms with Crippen molar-refractivity contribution in [1.82, 2.24) is 0 Å². The van der Waals surface area contributed by atoms with Gasteiger partial charge in [0.05, 0.1) is 11.7 Å². The number of Topliss-reactive ketones (excluding diaryl/α,β-unsaturated/α-hetero) is 1. The molecule has 4 atom stereocenters. The van der Waals surface area contributed by atoms with Crippen molar-refractivity contribution in [2.75, 3.05) is 0 Å². The second kappa shape index (κ2) is 3.92. The van der Waals surface area contributed by atoms with Gasteiger partial charge in [-0.2, -0.15) is 0 Å². The van der Waals surface area contributed by atoms with Gasteiger partial charge in [0.2, 0.25) is 0 Å². The Kier molecular flexibility index (Phi) is 2.75. The van der Waals surface area contributed by atoms with Crippen molar-refractivity contribution in [3.63, 3.8) is 0 Å². The van der Waals surface area contributed by atoms with Gasteiger partial charge in [-0.1, -0.05) is 13.8 Å². The zero-order valence-electron chi connectivity index (χ0n) is 12.1. The third-order valence-electron chi connectivity index (χ3n) is 5.52. The summed E-state index contributed by atoms with van der Waals surface area (Å²) in [4.78, 5) is 12.0. The molecule has 2 N–H and O–H groups in total. The van der Waals surface area contributed by atoms with E-state index in [9.17, 15) is 15.0 Å². The molecule has 0 aliphatic heterocycles. The molecule has 3 heteroatoms. The standard InChI is InChI=1S/C16H24O3/c1-15(2)6-11-12(8-15)16(3,19)7-10-9(14(11)18)4-5-13(10)17/h11-12,14,18-19H,4-8H2,1-3H3/t11-,12+,14-,16+/m1/s1. The van der Waals surface area contributed by atoms with E-state index in [1.165, 1.54) is 0 Å². The molecule has 0 saturated heterocycles. The lowest BCUT2D eigenvalue weighted by Crippen LogP contribution is -2.39. The monoisotopic (exact) mass is 264 g/mol. The van der Waals surface area contributed by atoms with E-state index in [1.807, 2.05) is 6.92 Å². The minimum atomic E-state index is -0.865. The molecule has 0 radical (unpaired) electrons. The van der Waals surface area contributed by atoms with Gasteiger partial charge in [-0.05, 0) is 54.6 Å². The van der Waals surface area contributed by atoms with E-state index in [1.54, 1.807) is 0 Å². The van der Waals surface area contributed by atoms with Crippen LogP contribution in [0.1, 0.15) is 52.9 Å². The minimum absolute atomic E-state index is 0.0934. The zero-order valence-corrected chi connectivity index (χ0v) is 12.1. The largest absolute Gasteiger partial charge is 0.390 e. The number of hydrogen-bond donors (Lipinski definition) is 2. The zero-order chi connectivity index (χ0) is 14.0. The molecule has 0 aromatic rings. The topological polar surface area (TPSA) is 57.5 Å². The lowest BCUT2D eigenvalue weighted by molar-refractivity contribution is -0.116. The summed E-state index contributed by atoms with van der Waals surface area (Å²) in [6.07, 6.45) is 2.96. The van der Waals surface area contributed by atoms with Crippen LogP contribution in [0.4, 0.5) is 0 Å². The summed E-state index contributed by atoms with van der Waals surface area (Å²) in [7, 11) is 0. The second-order valence-corrected chi connectivity index (χ2v) is 7.75.